The number of esters is 2. The second kappa shape index (κ2) is 27.8. The van der Waals surface area contributed by atoms with Gasteiger partial charge < -0.3 is 39.4 Å². The molecule has 1 saturated heterocycles. The third-order valence-electron chi connectivity index (χ3n) is 8.49. The van der Waals surface area contributed by atoms with Crippen molar-refractivity contribution in [2.75, 3.05) is 19.8 Å². The minimum absolute atomic E-state index is 0.214. The van der Waals surface area contributed by atoms with E-state index in [1.165, 1.54) is 77.0 Å². The second-order valence-corrected chi connectivity index (χ2v) is 12.7. The summed E-state index contributed by atoms with van der Waals surface area (Å²) < 4.78 is 21.8. The number of carbonyl (C=O) groups is 2. The highest BCUT2D eigenvalue weighted by Crippen LogP contribution is 2.22. The summed E-state index contributed by atoms with van der Waals surface area (Å²) in [5, 5.41) is 39.7. The molecule has 0 aliphatic carbocycles. The topological polar surface area (TPSA) is 152 Å². The minimum atomic E-state index is -1.59. The first-order valence-corrected chi connectivity index (χ1v) is 18.1. The van der Waals surface area contributed by atoms with Gasteiger partial charge in [-0.25, -0.2) is 0 Å². The average Bonchev–Trinajstić information content (AvgIpc) is 3.03. The Kier molecular flexibility index (Phi) is 25.8. The van der Waals surface area contributed by atoms with Gasteiger partial charge in [0.2, 0.25) is 0 Å². The van der Waals surface area contributed by atoms with E-state index in [4.69, 9.17) is 18.9 Å². The zero-order valence-electron chi connectivity index (χ0n) is 28.4. The molecule has 0 amide bonds. The van der Waals surface area contributed by atoms with Gasteiger partial charge in [-0.3, -0.25) is 9.59 Å². The van der Waals surface area contributed by atoms with Crippen molar-refractivity contribution in [1.29, 1.82) is 0 Å². The molecule has 1 rings (SSSR count). The van der Waals surface area contributed by atoms with Gasteiger partial charge in [-0.1, -0.05) is 129 Å². The van der Waals surface area contributed by atoms with Gasteiger partial charge in [0.1, 0.15) is 31.0 Å². The van der Waals surface area contributed by atoms with Crippen LogP contribution in [-0.2, 0) is 28.5 Å². The fourth-order valence-corrected chi connectivity index (χ4v) is 5.54. The lowest BCUT2D eigenvalue weighted by molar-refractivity contribution is -0.305. The van der Waals surface area contributed by atoms with Crippen LogP contribution in [0.25, 0.3) is 0 Å². The molecule has 45 heavy (non-hydrogen) atoms. The summed E-state index contributed by atoms with van der Waals surface area (Å²) in [6.45, 7) is 3.28. The standard InChI is InChI=1S/C35H66O10/c1-3-5-7-9-10-11-12-13-14-15-16-17-18-19-20-22-24-31(38)44-28(26-42-30(37)23-21-8-6-4-2)27-43-35-34(41)33(40)32(39)29(25-36)45-35/h28-29,32-36,39-41H,3-27H2,1-2H3. The number of hydrogen-bond donors (Lipinski definition) is 4. The van der Waals surface area contributed by atoms with Gasteiger partial charge in [0.15, 0.2) is 12.4 Å². The molecule has 0 aromatic rings. The van der Waals surface area contributed by atoms with Crippen molar-refractivity contribution in [3.8, 4) is 0 Å². The molecule has 1 aliphatic heterocycles. The van der Waals surface area contributed by atoms with E-state index in [9.17, 15) is 30.0 Å². The maximum absolute atomic E-state index is 12.6. The third kappa shape index (κ3) is 20.5. The lowest BCUT2D eigenvalue weighted by atomic mass is 9.99. The van der Waals surface area contributed by atoms with E-state index in [1.807, 2.05) is 0 Å². The first kappa shape index (κ1) is 41.7. The summed E-state index contributed by atoms with van der Waals surface area (Å²) in [7, 11) is 0. The number of ether oxygens (including phenoxy) is 4. The molecule has 0 aromatic heterocycles. The van der Waals surface area contributed by atoms with E-state index in [1.54, 1.807) is 0 Å². The van der Waals surface area contributed by atoms with E-state index in [0.29, 0.717) is 6.42 Å². The molecular formula is C35H66O10. The number of aliphatic hydroxyl groups is 4. The van der Waals surface area contributed by atoms with Gasteiger partial charge in [-0.15, -0.1) is 0 Å². The van der Waals surface area contributed by atoms with Gasteiger partial charge in [0.05, 0.1) is 13.2 Å². The van der Waals surface area contributed by atoms with Crippen LogP contribution in [0.4, 0.5) is 0 Å². The van der Waals surface area contributed by atoms with Gasteiger partial charge in [-0.2, -0.15) is 0 Å². The van der Waals surface area contributed by atoms with Gasteiger partial charge in [0.25, 0.3) is 0 Å². The maximum atomic E-state index is 12.6. The number of unbranched alkanes of at least 4 members (excludes halogenated alkanes) is 18. The average molecular weight is 647 g/mol. The van der Waals surface area contributed by atoms with Crippen LogP contribution in [0.2, 0.25) is 0 Å². The SMILES string of the molecule is CCCCCCCCCCCCCCCCCCC(=O)OC(COC(=O)CCCCCC)COC1OC(CO)C(O)C(O)C1O. The van der Waals surface area contributed by atoms with E-state index in [-0.39, 0.29) is 26.1 Å². The van der Waals surface area contributed by atoms with Crippen molar-refractivity contribution in [2.45, 2.75) is 192 Å². The van der Waals surface area contributed by atoms with Crippen LogP contribution in [0.1, 0.15) is 155 Å². The van der Waals surface area contributed by atoms with E-state index >= 15 is 0 Å². The van der Waals surface area contributed by atoms with Crippen LogP contribution >= 0.6 is 0 Å². The third-order valence-corrected chi connectivity index (χ3v) is 8.49. The highest BCUT2D eigenvalue weighted by atomic mass is 16.7. The Bertz CT molecular complexity index is 719. The summed E-state index contributed by atoms with van der Waals surface area (Å²) >= 11 is 0. The molecular weight excluding hydrogens is 580 g/mol. The lowest BCUT2D eigenvalue weighted by Crippen LogP contribution is -2.59. The Morgan fingerprint density at radius 1 is 0.600 bits per heavy atom. The molecule has 1 fully saturated rings. The quantitative estimate of drug-likeness (QED) is 0.0573. The van der Waals surface area contributed by atoms with Crippen molar-refractivity contribution in [3.63, 3.8) is 0 Å². The van der Waals surface area contributed by atoms with Gasteiger partial charge >= 0.3 is 11.9 Å². The zero-order chi connectivity index (χ0) is 33.1. The summed E-state index contributed by atoms with van der Waals surface area (Å²) in [6.07, 6.45) is 16.1. The van der Waals surface area contributed by atoms with Crippen LogP contribution in [0, 0.1) is 0 Å². The molecule has 0 radical (unpaired) electrons. The van der Waals surface area contributed by atoms with E-state index in [2.05, 4.69) is 13.8 Å². The van der Waals surface area contributed by atoms with Crippen LogP contribution in [-0.4, -0.2) is 89.0 Å². The van der Waals surface area contributed by atoms with Crippen LogP contribution in [0.5, 0.6) is 0 Å². The van der Waals surface area contributed by atoms with Crippen molar-refractivity contribution >= 4 is 11.9 Å². The fourth-order valence-electron chi connectivity index (χ4n) is 5.54. The molecule has 10 heteroatoms. The van der Waals surface area contributed by atoms with E-state index in [0.717, 1.165) is 44.9 Å². The monoisotopic (exact) mass is 646 g/mol. The molecule has 0 spiro atoms. The molecule has 1 aliphatic rings. The number of rotatable bonds is 29. The Morgan fingerprint density at radius 2 is 1.04 bits per heavy atom. The summed E-state index contributed by atoms with van der Waals surface area (Å²) in [5.41, 5.74) is 0. The Hall–Kier alpha value is -1.30. The summed E-state index contributed by atoms with van der Waals surface area (Å²) in [4.78, 5) is 24.8. The number of carbonyl (C=O) groups excluding carboxylic acids is 2. The zero-order valence-corrected chi connectivity index (χ0v) is 28.4. The minimum Gasteiger partial charge on any atom is -0.462 e. The molecule has 266 valence electrons. The number of hydrogen-bond acceptors (Lipinski definition) is 10. The molecule has 6 atom stereocenters. The summed E-state index contributed by atoms with van der Waals surface area (Å²) in [6, 6.07) is 0. The smallest absolute Gasteiger partial charge is 0.306 e. The van der Waals surface area contributed by atoms with Crippen molar-refractivity contribution in [2.24, 2.45) is 0 Å². The highest BCUT2D eigenvalue weighted by molar-refractivity contribution is 5.70. The predicted octanol–water partition coefficient (Wildman–Crippen LogP) is 5.88. The Labute approximate surface area is 272 Å². The van der Waals surface area contributed by atoms with Crippen LogP contribution in [0.3, 0.4) is 0 Å². The Balaban J connectivity index is 2.31. The first-order chi connectivity index (χ1) is 21.8. The largest absolute Gasteiger partial charge is 0.462 e. The lowest BCUT2D eigenvalue weighted by Gasteiger charge is -2.39. The van der Waals surface area contributed by atoms with Crippen LogP contribution < -0.4 is 0 Å². The maximum Gasteiger partial charge on any atom is 0.306 e. The molecule has 0 saturated carbocycles. The fraction of sp³-hybridized carbons (Fsp3) is 0.943. The molecule has 4 N–H and O–H groups in total. The molecule has 1 heterocycles. The van der Waals surface area contributed by atoms with E-state index < -0.39 is 55.4 Å². The van der Waals surface area contributed by atoms with Crippen LogP contribution in [0.15, 0.2) is 0 Å². The highest BCUT2D eigenvalue weighted by Gasteiger charge is 2.44. The molecule has 0 bridgehead atoms. The Morgan fingerprint density at radius 3 is 1.53 bits per heavy atom. The number of aliphatic hydroxyl groups excluding tert-OH is 4. The van der Waals surface area contributed by atoms with Crippen molar-refractivity contribution in [3.05, 3.63) is 0 Å². The first-order valence-electron chi connectivity index (χ1n) is 18.1. The molecule has 6 unspecified atom stereocenters. The molecule has 0 aromatic carbocycles. The van der Waals surface area contributed by atoms with Gasteiger partial charge in [0, 0.05) is 12.8 Å². The molecule has 10 nitrogen and oxygen atoms in total. The van der Waals surface area contributed by atoms with Gasteiger partial charge in [-0.05, 0) is 12.8 Å². The predicted molar refractivity (Wildman–Crippen MR) is 173 cm³/mol. The summed E-state index contributed by atoms with van der Waals surface area (Å²) in [5.74, 6) is -0.820. The second-order valence-electron chi connectivity index (χ2n) is 12.7. The van der Waals surface area contributed by atoms with Crippen molar-refractivity contribution in [1.82, 2.24) is 0 Å². The normalized spacial score (nSPS) is 22.3. The van der Waals surface area contributed by atoms with Crippen molar-refractivity contribution < 1.29 is 49.0 Å².